The number of ether oxygens (including phenoxy) is 2. The molecule has 1 saturated heterocycles. The SMILES string of the molecule is O=C(CCCCCN1C(=O)C=CC1=O)NCC(=O)N1CCC[C@H]1C(=O)Nc1ccc(COC(=O)Oc2ccc([N+](=O)[O-])cc2)cc1. The van der Waals surface area contributed by atoms with Crippen LogP contribution in [0.25, 0.3) is 0 Å². The number of nitro benzene ring substituents is 1. The minimum Gasteiger partial charge on any atom is -0.429 e. The lowest BCUT2D eigenvalue weighted by Crippen LogP contribution is -2.47. The molecule has 2 aliphatic heterocycles. The summed E-state index contributed by atoms with van der Waals surface area (Å²) in [7, 11) is 0. The zero-order valence-electron chi connectivity index (χ0n) is 24.8. The minimum absolute atomic E-state index is 0.0910. The average Bonchev–Trinajstić information content (AvgIpc) is 3.66. The molecule has 1 atom stereocenters. The van der Waals surface area contributed by atoms with Crippen LogP contribution in [0.5, 0.6) is 5.75 Å². The van der Waals surface area contributed by atoms with Gasteiger partial charge in [-0.25, -0.2) is 4.79 Å². The van der Waals surface area contributed by atoms with Gasteiger partial charge in [0, 0.05) is 49.5 Å². The quantitative estimate of drug-likeness (QED) is 0.0778. The van der Waals surface area contributed by atoms with Gasteiger partial charge in [-0.05, 0) is 55.5 Å². The molecule has 4 rings (SSSR count). The molecule has 5 amide bonds. The van der Waals surface area contributed by atoms with E-state index < -0.39 is 17.1 Å². The van der Waals surface area contributed by atoms with E-state index in [0.29, 0.717) is 56.4 Å². The lowest BCUT2D eigenvalue weighted by atomic mass is 10.1. The van der Waals surface area contributed by atoms with E-state index in [1.54, 1.807) is 24.3 Å². The molecule has 0 unspecified atom stereocenters. The standard InChI is InChI=1S/C31H33N5O10/c37-26(6-2-1-3-17-35-27(38)15-16-28(35)39)32-19-29(40)34-18-4-5-25(34)30(41)33-22-9-7-21(8-10-22)20-45-31(42)46-24-13-11-23(12-14-24)36(43)44/h7-16,25H,1-6,17-20H2,(H,32,37)(H,33,41)/t25-/m0/s1. The number of rotatable bonds is 14. The first-order valence-corrected chi connectivity index (χ1v) is 14.7. The predicted octanol–water partition coefficient (Wildman–Crippen LogP) is 2.84. The topological polar surface area (TPSA) is 195 Å². The number of carbonyl (C=O) groups is 6. The Labute approximate surface area is 263 Å². The van der Waals surface area contributed by atoms with E-state index in [1.807, 2.05) is 0 Å². The third kappa shape index (κ3) is 9.45. The van der Waals surface area contributed by atoms with Crippen molar-refractivity contribution in [2.24, 2.45) is 0 Å². The van der Waals surface area contributed by atoms with Gasteiger partial charge in [0.2, 0.25) is 17.7 Å². The zero-order valence-corrected chi connectivity index (χ0v) is 24.8. The van der Waals surface area contributed by atoms with Crippen LogP contribution in [-0.4, -0.2) is 76.1 Å². The molecule has 0 spiro atoms. The Kier molecular flexibility index (Phi) is 11.5. The number of amides is 5. The van der Waals surface area contributed by atoms with E-state index in [1.165, 1.54) is 41.3 Å². The summed E-state index contributed by atoms with van der Waals surface area (Å²) in [4.78, 5) is 85.8. The Morgan fingerprint density at radius 1 is 0.935 bits per heavy atom. The molecule has 15 heteroatoms. The number of non-ortho nitro benzene ring substituents is 1. The molecule has 1 fully saturated rings. The molecule has 2 aliphatic rings. The Morgan fingerprint density at radius 3 is 2.30 bits per heavy atom. The third-order valence-electron chi connectivity index (χ3n) is 7.33. The number of nitrogens with zero attached hydrogens (tertiary/aromatic N) is 3. The first-order chi connectivity index (χ1) is 22.1. The van der Waals surface area contributed by atoms with E-state index in [4.69, 9.17) is 9.47 Å². The van der Waals surface area contributed by atoms with Crippen LogP contribution in [0.15, 0.2) is 60.7 Å². The molecular weight excluding hydrogens is 602 g/mol. The maximum atomic E-state index is 13.0. The van der Waals surface area contributed by atoms with Crippen molar-refractivity contribution < 1.29 is 43.2 Å². The molecule has 0 bridgehead atoms. The Morgan fingerprint density at radius 2 is 1.63 bits per heavy atom. The highest BCUT2D eigenvalue weighted by Crippen LogP contribution is 2.21. The van der Waals surface area contributed by atoms with Crippen molar-refractivity contribution in [3.05, 3.63) is 76.4 Å². The van der Waals surface area contributed by atoms with E-state index in [9.17, 15) is 38.9 Å². The molecule has 0 saturated carbocycles. The molecule has 46 heavy (non-hydrogen) atoms. The fraction of sp³-hybridized carbons (Fsp3) is 0.355. The normalized spacial score (nSPS) is 15.5. The van der Waals surface area contributed by atoms with Crippen molar-refractivity contribution in [1.29, 1.82) is 0 Å². The Hall–Kier alpha value is -5.60. The number of nitrogens with one attached hydrogen (secondary N) is 2. The summed E-state index contributed by atoms with van der Waals surface area (Å²) in [5.41, 5.74) is 0.946. The van der Waals surface area contributed by atoms with Crippen LogP contribution < -0.4 is 15.4 Å². The van der Waals surface area contributed by atoms with Gasteiger partial charge in [-0.1, -0.05) is 18.6 Å². The van der Waals surface area contributed by atoms with E-state index >= 15 is 0 Å². The van der Waals surface area contributed by atoms with Gasteiger partial charge < -0.3 is 25.0 Å². The van der Waals surface area contributed by atoms with E-state index in [-0.39, 0.29) is 60.5 Å². The first kappa shape index (κ1) is 33.3. The maximum Gasteiger partial charge on any atom is 0.514 e. The smallest absolute Gasteiger partial charge is 0.429 e. The number of unbranched alkanes of at least 4 members (excludes halogenated alkanes) is 2. The number of hydrogen-bond acceptors (Lipinski definition) is 10. The number of anilines is 1. The molecular formula is C31H33N5O10. The van der Waals surface area contributed by atoms with Crippen molar-refractivity contribution in [2.75, 3.05) is 25.0 Å². The molecule has 15 nitrogen and oxygen atoms in total. The van der Waals surface area contributed by atoms with Gasteiger partial charge in [-0.2, -0.15) is 0 Å². The second-order valence-corrected chi connectivity index (χ2v) is 10.6. The molecule has 2 heterocycles. The van der Waals surface area contributed by atoms with Gasteiger partial charge in [-0.15, -0.1) is 0 Å². The molecule has 0 aliphatic carbocycles. The van der Waals surface area contributed by atoms with Gasteiger partial charge >= 0.3 is 6.16 Å². The highest BCUT2D eigenvalue weighted by Gasteiger charge is 2.34. The van der Waals surface area contributed by atoms with Crippen molar-refractivity contribution in [3.8, 4) is 5.75 Å². The van der Waals surface area contributed by atoms with Gasteiger partial charge in [0.15, 0.2) is 0 Å². The predicted molar refractivity (Wildman–Crippen MR) is 161 cm³/mol. The minimum atomic E-state index is -0.989. The molecule has 0 aromatic heterocycles. The first-order valence-electron chi connectivity index (χ1n) is 14.7. The number of hydrogen-bond donors (Lipinski definition) is 2. The summed E-state index contributed by atoms with van der Waals surface area (Å²) in [6, 6.07) is 10.8. The second kappa shape index (κ2) is 15.9. The average molecular weight is 636 g/mol. The van der Waals surface area contributed by atoms with Crippen molar-refractivity contribution in [2.45, 2.75) is 51.2 Å². The van der Waals surface area contributed by atoms with E-state index in [2.05, 4.69) is 10.6 Å². The summed E-state index contributed by atoms with van der Waals surface area (Å²) in [5.74, 6) is -1.60. The Bertz CT molecular complexity index is 1490. The number of likely N-dealkylation sites (tertiary alicyclic amines) is 1. The lowest BCUT2D eigenvalue weighted by Gasteiger charge is -2.24. The lowest BCUT2D eigenvalue weighted by molar-refractivity contribution is -0.384. The van der Waals surface area contributed by atoms with Crippen molar-refractivity contribution in [1.82, 2.24) is 15.1 Å². The zero-order chi connectivity index (χ0) is 33.1. The van der Waals surface area contributed by atoms with Crippen LogP contribution in [0.1, 0.15) is 44.1 Å². The summed E-state index contributed by atoms with van der Waals surface area (Å²) in [5, 5.41) is 16.1. The summed E-state index contributed by atoms with van der Waals surface area (Å²) >= 11 is 0. The number of imide groups is 1. The Balaban J connectivity index is 1.13. The summed E-state index contributed by atoms with van der Waals surface area (Å²) in [6.45, 7) is 0.342. The number of benzene rings is 2. The van der Waals surface area contributed by atoms with Gasteiger partial charge in [0.05, 0.1) is 11.5 Å². The van der Waals surface area contributed by atoms with Crippen LogP contribution >= 0.6 is 0 Å². The van der Waals surface area contributed by atoms with Gasteiger partial charge in [0.1, 0.15) is 18.4 Å². The molecule has 2 aromatic rings. The highest BCUT2D eigenvalue weighted by molar-refractivity contribution is 6.12. The van der Waals surface area contributed by atoms with Gasteiger partial charge in [-0.3, -0.25) is 39.0 Å². The van der Waals surface area contributed by atoms with Crippen LogP contribution in [0.3, 0.4) is 0 Å². The largest absolute Gasteiger partial charge is 0.514 e. The maximum absolute atomic E-state index is 13.0. The van der Waals surface area contributed by atoms with Crippen LogP contribution in [0.4, 0.5) is 16.2 Å². The second-order valence-electron chi connectivity index (χ2n) is 10.6. The summed E-state index contributed by atoms with van der Waals surface area (Å²) < 4.78 is 10.1. The molecule has 2 N–H and O–H groups in total. The number of nitro groups is 1. The third-order valence-corrected chi connectivity index (χ3v) is 7.33. The van der Waals surface area contributed by atoms with Crippen molar-refractivity contribution in [3.63, 3.8) is 0 Å². The van der Waals surface area contributed by atoms with Crippen LogP contribution in [0.2, 0.25) is 0 Å². The van der Waals surface area contributed by atoms with Crippen LogP contribution in [0, 0.1) is 10.1 Å². The molecule has 0 radical (unpaired) electrons. The molecule has 242 valence electrons. The fourth-order valence-corrected chi connectivity index (χ4v) is 4.90. The number of carbonyl (C=O) groups excluding carboxylic acids is 6. The van der Waals surface area contributed by atoms with Crippen LogP contribution in [-0.2, 0) is 35.3 Å². The summed E-state index contributed by atoms with van der Waals surface area (Å²) in [6.07, 6.45) is 4.54. The monoisotopic (exact) mass is 635 g/mol. The highest BCUT2D eigenvalue weighted by atomic mass is 16.7. The van der Waals surface area contributed by atoms with Gasteiger partial charge in [0.25, 0.3) is 17.5 Å². The van der Waals surface area contributed by atoms with Crippen molar-refractivity contribution >= 4 is 47.1 Å². The molecule has 2 aromatic carbocycles. The fourth-order valence-electron chi connectivity index (χ4n) is 4.90. The van der Waals surface area contributed by atoms with E-state index in [0.717, 1.165) is 4.90 Å².